The molecule has 2 aromatic heterocycles. The second-order valence-electron chi connectivity index (χ2n) is 3.32. The molecule has 0 unspecified atom stereocenters. The fraction of sp³-hybridized carbons (Fsp3) is 0.273. The Balaban J connectivity index is 1.90. The van der Waals surface area contributed by atoms with Gasteiger partial charge in [-0.2, -0.15) is 0 Å². The van der Waals surface area contributed by atoms with Gasteiger partial charge in [-0.1, -0.05) is 6.07 Å². The summed E-state index contributed by atoms with van der Waals surface area (Å²) in [7, 11) is 0. The van der Waals surface area contributed by atoms with E-state index in [0.29, 0.717) is 0 Å². The highest BCUT2D eigenvalue weighted by molar-refractivity contribution is 7.09. The van der Waals surface area contributed by atoms with Gasteiger partial charge in [-0.15, -0.1) is 11.3 Å². The van der Waals surface area contributed by atoms with Crippen molar-refractivity contribution in [1.82, 2.24) is 15.3 Å². The fourth-order valence-corrected chi connectivity index (χ4v) is 1.87. The molecule has 0 saturated carbocycles. The summed E-state index contributed by atoms with van der Waals surface area (Å²) in [5.41, 5.74) is 2.92. The highest BCUT2D eigenvalue weighted by Crippen LogP contribution is 2.11. The lowest BCUT2D eigenvalue weighted by Crippen LogP contribution is -2.18. The first kappa shape index (κ1) is 10.3. The van der Waals surface area contributed by atoms with Crippen molar-refractivity contribution in [2.45, 2.75) is 19.5 Å². The van der Waals surface area contributed by atoms with Gasteiger partial charge in [0.15, 0.2) is 0 Å². The predicted octanol–water partition coefficient (Wildman–Crippen LogP) is 2.39. The summed E-state index contributed by atoms with van der Waals surface area (Å²) >= 11 is 1.67. The highest BCUT2D eigenvalue weighted by atomic mass is 32.1. The molecule has 0 spiro atoms. The number of pyridine rings is 1. The Hall–Kier alpha value is -1.26. The molecule has 3 nitrogen and oxygen atoms in total. The van der Waals surface area contributed by atoms with Crippen LogP contribution in [0.15, 0.2) is 36.1 Å². The lowest BCUT2D eigenvalue weighted by Gasteiger charge is -2.11. The molecule has 1 atom stereocenters. The molecule has 0 bridgehead atoms. The van der Waals surface area contributed by atoms with E-state index in [9.17, 15) is 0 Å². The lowest BCUT2D eigenvalue weighted by molar-refractivity contribution is 0.565. The van der Waals surface area contributed by atoms with Crippen molar-refractivity contribution in [3.63, 3.8) is 0 Å². The van der Waals surface area contributed by atoms with Crippen LogP contribution in [0.5, 0.6) is 0 Å². The number of rotatable bonds is 4. The molecule has 2 heterocycles. The molecular formula is C11H13N3S. The first-order valence-electron chi connectivity index (χ1n) is 4.88. The zero-order chi connectivity index (χ0) is 10.5. The van der Waals surface area contributed by atoms with Crippen LogP contribution in [0.4, 0.5) is 0 Å². The summed E-state index contributed by atoms with van der Waals surface area (Å²) in [5.74, 6) is 0. The van der Waals surface area contributed by atoms with Crippen molar-refractivity contribution in [3.8, 4) is 0 Å². The van der Waals surface area contributed by atoms with Gasteiger partial charge in [-0.3, -0.25) is 9.97 Å². The van der Waals surface area contributed by atoms with Crippen LogP contribution < -0.4 is 5.32 Å². The Kier molecular flexibility index (Phi) is 3.42. The van der Waals surface area contributed by atoms with E-state index >= 15 is 0 Å². The molecule has 0 aromatic carbocycles. The molecule has 0 aliphatic carbocycles. The Morgan fingerprint density at radius 2 is 2.40 bits per heavy atom. The van der Waals surface area contributed by atoms with Crippen LogP contribution in [-0.2, 0) is 6.54 Å². The van der Waals surface area contributed by atoms with Gasteiger partial charge in [-0.05, 0) is 19.1 Å². The van der Waals surface area contributed by atoms with Crippen molar-refractivity contribution in [2.24, 2.45) is 0 Å². The quantitative estimate of drug-likeness (QED) is 0.858. The van der Waals surface area contributed by atoms with Crippen molar-refractivity contribution >= 4 is 11.3 Å². The highest BCUT2D eigenvalue weighted by Gasteiger charge is 2.05. The van der Waals surface area contributed by atoms with Crippen molar-refractivity contribution in [2.75, 3.05) is 0 Å². The summed E-state index contributed by atoms with van der Waals surface area (Å²) in [6.45, 7) is 2.96. The minimum absolute atomic E-state index is 0.272. The number of nitrogens with zero attached hydrogens (tertiary/aromatic N) is 2. The number of thiazole rings is 1. The van der Waals surface area contributed by atoms with E-state index in [4.69, 9.17) is 0 Å². The van der Waals surface area contributed by atoms with Gasteiger partial charge >= 0.3 is 0 Å². The molecule has 0 saturated heterocycles. The molecule has 0 fully saturated rings. The van der Waals surface area contributed by atoms with Gasteiger partial charge in [0.25, 0.3) is 0 Å². The largest absolute Gasteiger partial charge is 0.304 e. The second kappa shape index (κ2) is 5.00. The van der Waals surface area contributed by atoms with Gasteiger partial charge in [0.05, 0.1) is 11.2 Å². The molecule has 78 valence electrons. The van der Waals surface area contributed by atoms with Crippen LogP contribution >= 0.6 is 11.3 Å². The SMILES string of the molecule is C[C@H](NCc1cncs1)c1ccccn1. The smallest absolute Gasteiger partial charge is 0.0794 e. The summed E-state index contributed by atoms with van der Waals surface area (Å²) in [6, 6.07) is 6.24. The molecule has 0 aliphatic heterocycles. The van der Waals surface area contributed by atoms with Crippen LogP contribution in [0.2, 0.25) is 0 Å². The molecule has 15 heavy (non-hydrogen) atoms. The number of hydrogen-bond acceptors (Lipinski definition) is 4. The van der Waals surface area contributed by atoms with Crippen LogP contribution in [0.3, 0.4) is 0 Å². The number of aromatic nitrogens is 2. The Labute approximate surface area is 93.2 Å². The summed E-state index contributed by atoms with van der Waals surface area (Å²) in [5, 5.41) is 3.41. The second-order valence-corrected chi connectivity index (χ2v) is 4.30. The average molecular weight is 219 g/mol. The van der Waals surface area contributed by atoms with Crippen molar-refractivity contribution in [3.05, 3.63) is 46.7 Å². The van der Waals surface area contributed by atoms with Crippen molar-refractivity contribution < 1.29 is 0 Å². The average Bonchev–Trinajstić information content (AvgIpc) is 2.80. The summed E-state index contributed by atoms with van der Waals surface area (Å²) in [6.07, 6.45) is 3.71. The topological polar surface area (TPSA) is 37.8 Å². The van der Waals surface area contributed by atoms with Crippen LogP contribution in [0, 0.1) is 0 Å². The van der Waals surface area contributed by atoms with Crippen LogP contribution in [0.1, 0.15) is 23.5 Å². The molecular weight excluding hydrogens is 206 g/mol. The molecule has 4 heteroatoms. The zero-order valence-electron chi connectivity index (χ0n) is 8.55. The number of hydrogen-bond donors (Lipinski definition) is 1. The van der Waals surface area contributed by atoms with Gasteiger partial charge < -0.3 is 5.32 Å². The molecule has 0 aliphatic rings. The van der Waals surface area contributed by atoms with Crippen LogP contribution in [0.25, 0.3) is 0 Å². The molecule has 0 radical (unpaired) electrons. The third kappa shape index (κ3) is 2.84. The van der Waals surface area contributed by atoms with Gasteiger partial charge in [0.1, 0.15) is 0 Å². The maximum Gasteiger partial charge on any atom is 0.0794 e. The fourth-order valence-electron chi connectivity index (χ4n) is 1.32. The van der Waals surface area contributed by atoms with E-state index in [1.165, 1.54) is 4.88 Å². The maximum atomic E-state index is 4.30. The Morgan fingerprint density at radius 1 is 1.47 bits per heavy atom. The standard InChI is InChI=1S/C11H13N3S/c1-9(11-4-2-3-5-13-11)14-7-10-6-12-8-15-10/h2-6,8-9,14H,7H2,1H3/t9-/m0/s1. The normalized spacial score (nSPS) is 12.6. The van der Waals surface area contributed by atoms with E-state index in [0.717, 1.165) is 12.2 Å². The van der Waals surface area contributed by atoms with Gasteiger partial charge in [-0.25, -0.2) is 0 Å². The van der Waals surface area contributed by atoms with Crippen LogP contribution in [-0.4, -0.2) is 9.97 Å². The Bertz CT molecular complexity index is 385. The van der Waals surface area contributed by atoms with E-state index < -0.39 is 0 Å². The Morgan fingerprint density at radius 3 is 3.07 bits per heavy atom. The van der Waals surface area contributed by atoms with E-state index in [1.54, 1.807) is 11.3 Å². The minimum atomic E-state index is 0.272. The lowest BCUT2D eigenvalue weighted by atomic mass is 10.2. The third-order valence-corrected chi connectivity index (χ3v) is 2.98. The maximum absolute atomic E-state index is 4.30. The molecule has 2 rings (SSSR count). The van der Waals surface area contributed by atoms with Gasteiger partial charge in [0, 0.05) is 29.9 Å². The summed E-state index contributed by atoms with van der Waals surface area (Å²) in [4.78, 5) is 9.59. The molecule has 1 N–H and O–H groups in total. The first-order chi connectivity index (χ1) is 7.36. The molecule has 0 amide bonds. The monoisotopic (exact) mass is 219 g/mol. The zero-order valence-corrected chi connectivity index (χ0v) is 9.37. The third-order valence-electron chi connectivity index (χ3n) is 2.20. The number of nitrogens with one attached hydrogen (secondary N) is 1. The van der Waals surface area contributed by atoms with E-state index in [2.05, 4.69) is 22.2 Å². The minimum Gasteiger partial charge on any atom is -0.304 e. The van der Waals surface area contributed by atoms with E-state index in [1.807, 2.05) is 36.1 Å². The predicted molar refractivity (Wildman–Crippen MR) is 61.6 cm³/mol. The van der Waals surface area contributed by atoms with Crippen molar-refractivity contribution in [1.29, 1.82) is 0 Å². The van der Waals surface area contributed by atoms with E-state index in [-0.39, 0.29) is 6.04 Å². The summed E-state index contributed by atoms with van der Waals surface area (Å²) < 4.78 is 0. The first-order valence-corrected chi connectivity index (χ1v) is 5.76. The molecule has 2 aromatic rings. The van der Waals surface area contributed by atoms with Gasteiger partial charge in [0.2, 0.25) is 0 Å².